The van der Waals surface area contributed by atoms with E-state index >= 15 is 0 Å². The highest BCUT2D eigenvalue weighted by Crippen LogP contribution is 1.29. The molecule has 0 spiro atoms. The maximum atomic E-state index is 8.89. The zero-order valence-corrected chi connectivity index (χ0v) is 1.99. The Balaban J connectivity index is 2.80. The van der Waals surface area contributed by atoms with E-state index in [-0.39, 0.29) is 0 Å². The van der Waals surface area contributed by atoms with Crippen molar-refractivity contribution in [1.82, 2.24) is 0 Å². The van der Waals surface area contributed by atoms with E-state index in [2.05, 4.69) is 5.73 Å². The summed E-state index contributed by atoms with van der Waals surface area (Å²) >= 11 is 0. The van der Waals surface area contributed by atoms with Crippen LogP contribution in [-0.4, -0.2) is 6.02 Å². The van der Waals surface area contributed by atoms with Crippen LogP contribution in [0.25, 0.3) is 0 Å². The van der Waals surface area contributed by atoms with E-state index in [1.807, 2.05) is 0 Å². The molecule has 0 bridgehead atoms. The van der Waals surface area contributed by atoms with Crippen molar-refractivity contribution in [3.8, 4) is 0 Å². The topological polar surface area (TPSA) is 69.8 Å². The Kier molecular flexibility index (Phi) is 0.581. The minimum Gasteiger partial charge on any atom is -0.350 e. The fourth-order valence-corrected chi connectivity index (χ4v) is 0. The Bertz CT molecular complexity index is 29.0. The first kappa shape index (κ1) is 3.27. The third kappa shape index (κ3) is 0.174. The van der Waals surface area contributed by atoms with Crippen molar-refractivity contribution in [3.05, 3.63) is 0 Å². The number of hydrogen-bond donors (Lipinski definition) is 2. The predicted molar refractivity (Wildman–Crippen MR) is 12.6 cm³/mol. The molecule has 0 saturated heterocycles. The standard InChI is InChI=1S/CH3N2O/c2-1(3)4/h(H3,2,3). The monoisotopic (exact) mass is 59.0 g/mol. The van der Waals surface area contributed by atoms with Crippen LogP contribution in [0.4, 0.5) is 0 Å². The summed E-state index contributed by atoms with van der Waals surface area (Å²) in [6.45, 7) is 0. The molecule has 0 fully saturated rings. The molecular weight excluding hydrogens is 56.0 g/mol. The summed E-state index contributed by atoms with van der Waals surface area (Å²) in [5, 5.41) is 14.6. The molecule has 0 saturated carbocycles. The smallest absolute Gasteiger partial charge is 0.330 e. The Hall–Kier alpha value is -0.730. The predicted octanol–water partition coefficient (Wildman–Crippen LogP) is -0.690. The summed E-state index contributed by atoms with van der Waals surface area (Å²) in [6, 6.07) is -1.08. The van der Waals surface area contributed by atoms with Gasteiger partial charge in [-0.2, -0.15) is 0 Å². The lowest BCUT2D eigenvalue weighted by atomic mass is 11.3. The van der Waals surface area contributed by atoms with Gasteiger partial charge in [-0.3, -0.25) is 0 Å². The molecule has 0 amide bonds. The maximum Gasteiger partial charge on any atom is 0.330 e. The van der Waals surface area contributed by atoms with Gasteiger partial charge in [0.05, 0.1) is 0 Å². The molecule has 0 aliphatic rings. The molecule has 1 radical (unpaired) electrons. The largest absolute Gasteiger partial charge is 0.350 e. The van der Waals surface area contributed by atoms with Crippen molar-refractivity contribution >= 4 is 6.02 Å². The highest BCUT2D eigenvalue weighted by atomic mass is 16.3. The van der Waals surface area contributed by atoms with Crippen molar-refractivity contribution in [2.45, 2.75) is 0 Å². The third-order valence-electron chi connectivity index (χ3n) is 0. The van der Waals surface area contributed by atoms with Gasteiger partial charge in [0.2, 0.25) is 0 Å². The zero-order valence-electron chi connectivity index (χ0n) is 1.99. The number of hydrogen-bond acceptors (Lipinski definition) is 1. The summed E-state index contributed by atoms with van der Waals surface area (Å²) in [6.07, 6.45) is 0. The third-order valence-corrected chi connectivity index (χ3v) is 0. The molecule has 0 heterocycles. The summed E-state index contributed by atoms with van der Waals surface area (Å²) in [5.41, 5.74) is 4.14. The van der Waals surface area contributed by atoms with Crippen molar-refractivity contribution in [3.63, 3.8) is 0 Å². The molecule has 0 aromatic heterocycles. The van der Waals surface area contributed by atoms with Gasteiger partial charge < -0.3 is 5.73 Å². The Morgan fingerprint density at radius 1 is 2.00 bits per heavy atom. The minimum absolute atomic E-state index is 1.08. The average Bonchev–Trinajstić information content (AvgIpc) is 0.811. The zero-order chi connectivity index (χ0) is 3.58. The van der Waals surface area contributed by atoms with E-state index in [0.29, 0.717) is 0 Å². The number of amidine groups is 1. The van der Waals surface area contributed by atoms with Crippen LogP contribution in [-0.2, 0) is 5.11 Å². The molecule has 0 rings (SSSR count). The van der Waals surface area contributed by atoms with Crippen LogP contribution in [0.1, 0.15) is 0 Å². The molecule has 0 atom stereocenters. The van der Waals surface area contributed by atoms with E-state index in [9.17, 15) is 0 Å². The van der Waals surface area contributed by atoms with Crippen LogP contribution >= 0.6 is 0 Å². The summed E-state index contributed by atoms with van der Waals surface area (Å²) in [5.74, 6) is 0. The molecule has 0 aromatic carbocycles. The highest BCUT2D eigenvalue weighted by Gasteiger charge is 1.63. The van der Waals surface area contributed by atoms with E-state index in [0.717, 1.165) is 0 Å². The van der Waals surface area contributed by atoms with Crippen molar-refractivity contribution in [2.75, 3.05) is 0 Å². The number of nitrogens with one attached hydrogen (secondary N) is 1. The van der Waals surface area contributed by atoms with Gasteiger partial charge in [-0.1, -0.05) is 0 Å². The van der Waals surface area contributed by atoms with Crippen LogP contribution in [0, 0.1) is 5.41 Å². The molecule has 0 unspecified atom stereocenters. The highest BCUT2D eigenvalue weighted by molar-refractivity contribution is 5.63. The van der Waals surface area contributed by atoms with Gasteiger partial charge in [-0.25, -0.2) is 10.5 Å². The number of nitrogens with two attached hydrogens (primary N) is 1. The molecule has 3 nitrogen and oxygen atoms in total. The minimum atomic E-state index is -1.08. The van der Waals surface area contributed by atoms with E-state index in [1.54, 1.807) is 0 Å². The lowest BCUT2D eigenvalue weighted by Gasteiger charge is -1.59. The molecule has 3 N–H and O–H groups in total. The lowest BCUT2D eigenvalue weighted by molar-refractivity contribution is 0.415. The first-order chi connectivity index (χ1) is 1.73. The van der Waals surface area contributed by atoms with Gasteiger partial charge in [0, 0.05) is 0 Å². The number of rotatable bonds is 0. The van der Waals surface area contributed by atoms with Crippen LogP contribution in [0.2, 0.25) is 0 Å². The van der Waals surface area contributed by atoms with Gasteiger partial charge in [0.25, 0.3) is 0 Å². The fraction of sp³-hybridized carbons (Fsp3) is 0. The van der Waals surface area contributed by atoms with E-state index in [1.165, 1.54) is 0 Å². The van der Waals surface area contributed by atoms with Gasteiger partial charge in [0.1, 0.15) is 0 Å². The van der Waals surface area contributed by atoms with Gasteiger partial charge in [-0.15, -0.1) is 0 Å². The second-order valence-electron chi connectivity index (χ2n) is 0.364. The van der Waals surface area contributed by atoms with Crippen LogP contribution in [0.15, 0.2) is 0 Å². The van der Waals surface area contributed by atoms with Gasteiger partial charge >= 0.3 is 6.02 Å². The Labute approximate surface area is 23.6 Å². The van der Waals surface area contributed by atoms with Gasteiger partial charge in [-0.05, 0) is 0 Å². The molecule has 0 aliphatic heterocycles. The Morgan fingerprint density at radius 3 is 2.00 bits per heavy atom. The van der Waals surface area contributed by atoms with E-state index in [4.69, 9.17) is 10.5 Å². The normalized spacial score (nSPS) is 6.00. The van der Waals surface area contributed by atoms with Gasteiger partial charge in [0.15, 0.2) is 0 Å². The summed E-state index contributed by atoms with van der Waals surface area (Å²) in [7, 11) is 0. The van der Waals surface area contributed by atoms with Crippen molar-refractivity contribution in [1.29, 1.82) is 5.41 Å². The maximum absolute atomic E-state index is 8.89. The molecule has 23 valence electrons. The second kappa shape index (κ2) is 0.711. The lowest BCUT2D eigenvalue weighted by Crippen LogP contribution is -2.03. The summed E-state index contributed by atoms with van der Waals surface area (Å²) < 4.78 is 0. The van der Waals surface area contributed by atoms with Crippen LogP contribution in [0.3, 0.4) is 0 Å². The molecule has 4 heavy (non-hydrogen) atoms. The SMILES string of the molecule is N=C(N)[O]. The first-order valence-corrected chi connectivity index (χ1v) is 0.743. The van der Waals surface area contributed by atoms with E-state index < -0.39 is 6.02 Å². The van der Waals surface area contributed by atoms with Crippen molar-refractivity contribution < 1.29 is 5.11 Å². The summed E-state index contributed by atoms with van der Waals surface area (Å²) in [4.78, 5) is 0. The molecular formula is CH3N2O. The average molecular weight is 59.0 g/mol. The fourth-order valence-electron chi connectivity index (χ4n) is 0. The molecule has 0 aliphatic carbocycles. The van der Waals surface area contributed by atoms with Crippen LogP contribution in [0.5, 0.6) is 0 Å². The second-order valence-corrected chi connectivity index (χ2v) is 0.364. The first-order valence-electron chi connectivity index (χ1n) is 0.743. The Morgan fingerprint density at radius 2 is 2.00 bits per heavy atom. The quantitative estimate of drug-likeness (QED) is 0.281. The molecule has 0 aromatic rings. The van der Waals surface area contributed by atoms with Crippen LogP contribution < -0.4 is 5.73 Å². The van der Waals surface area contributed by atoms with Crippen molar-refractivity contribution in [2.24, 2.45) is 5.73 Å². The molecule has 3 heteroatoms.